The molecule has 0 saturated carbocycles. The summed E-state index contributed by atoms with van der Waals surface area (Å²) in [6, 6.07) is 1.86. The van der Waals surface area contributed by atoms with Crippen molar-refractivity contribution in [2.45, 2.75) is 0 Å². The molecule has 0 radical (unpaired) electrons. The minimum absolute atomic E-state index is 0.602. The molecule has 0 spiro atoms. The molecule has 2 rings (SSSR count). The maximum atomic E-state index is 5.97. The van der Waals surface area contributed by atoms with Crippen molar-refractivity contribution in [1.82, 2.24) is 9.55 Å². The maximum Gasteiger partial charge on any atom is 0.215 e. The first kappa shape index (κ1) is 8.38. The fourth-order valence-electron chi connectivity index (χ4n) is 1.32. The zero-order valence-corrected chi connectivity index (χ0v) is 8.17. The second kappa shape index (κ2) is 2.92. The lowest BCUT2D eigenvalue weighted by Gasteiger charge is -1.99. The molecule has 2 aromatic heterocycles. The molecule has 4 heteroatoms. The van der Waals surface area contributed by atoms with E-state index in [9.17, 15) is 0 Å². The number of hydrogen-bond donors (Lipinski definition) is 0. The lowest BCUT2D eigenvalue weighted by Crippen LogP contribution is -1.88. The number of nitrogens with zero attached hydrogens (tertiary/aromatic N) is 2. The van der Waals surface area contributed by atoms with Crippen LogP contribution in [-0.4, -0.2) is 16.7 Å². The third-order valence-corrected chi connectivity index (χ3v) is 2.31. The van der Waals surface area contributed by atoms with Crippen molar-refractivity contribution in [2.24, 2.45) is 7.05 Å². The van der Waals surface area contributed by atoms with Crippen LogP contribution in [0.15, 0.2) is 18.5 Å². The first-order valence-corrected chi connectivity index (χ1v) is 4.24. The predicted octanol–water partition coefficient (Wildman–Crippen LogP) is 2.24. The van der Waals surface area contributed by atoms with Gasteiger partial charge in [-0.15, -0.1) is 0 Å². The van der Waals surface area contributed by atoms with E-state index >= 15 is 0 Å². The Kier molecular flexibility index (Phi) is 1.88. The monoisotopic (exact) mass is 196 g/mol. The number of rotatable bonds is 1. The summed E-state index contributed by atoms with van der Waals surface area (Å²) in [6.07, 6.45) is 3.57. The summed E-state index contributed by atoms with van der Waals surface area (Å²) in [6.45, 7) is 0. The highest BCUT2D eigenvalue weighted by atomic mass is 35.5. The molecule has 0 aliphatic carbocycles. The van der Waals surface area contributed by atoms with Crippen LogP contribution < -0.4 is 4.74 Å². The summed E-state index contributed by atoms with van der Waals surface area (Å²) in [5.74, 6) is 0.602. The van der Waals surface area contributed by atoms with Gasteiger partial charge in [0.2, 0.25) is 5.88 Å². The number of hydrogen-bond acceptors (Lipinski definition) is 2. The van der Waals surface area contributed by atoms with Crippen LogP contribution in [0.5, 0.6) is 5.88 Å². The van der Waals surface area contributed by atoms with E-state index in [1.54, 1.807) is 13.3 Å². The summed E-state index contributed by atoms with van der Waals surface area (Å²) in [5.41, 5.74) is 1.02. The summed E-state index contributed by atoms with van der Waals surface area (Å²) < 4.78 is 6.97. The van der Waals surface area contributed by atoms with Gasteiger partial charge in [0.15, 0.2) is 0 Å². The number of pyridine rings is 1. The molecule has 0 aliphatic heterocycles. The van der Waals surface area contributed by atoms with E-state index in [0.717, 1.165) is 10.9 Å². The molecule has 13 heavy (non-hydrogen) atoms. The van der Waals surface area contributed by atoms with E-state index in [-0.39, 0.29) is 0 Å². The largest absolute Gasteiger partial charge is 0.481 e. The van der Waals surface area contributed by atoms with E-state index in [2.05, 4.69) is 4.98 Å². The molecule has 0 aliphatic rings. The fourth-order valence-corrected chi connectivity index (χ4v) is 1.61. The van der Waals surface area contributed by atoms with Crippen LogP contribution in [0.1, 0.15) is 0 Å². The Bertz CT molecular complexity index is 450. The zero-order chi connectivity index (χ0) is 9.42. The molecule has 0 unspecified atom stereocenters. The molecule has 2 heterocycles. The highest BCUT2D eigenvalue weighted by Gasteiger charge is 2.05. The molecule has 3 nitrogen and oxygen atoms in total. The third kappa shape index (κ3) is 1.25. The summed E-state index contributed by atoms with van der Waals surface area (Å²) >= 11 is 5.97. The van der Waals surface area contributed by atoms with Gasteiger partial charge < -0.3 is 9.30 Å². The normalized spacial score (nSPS) is 10.7. The van der Waals surface area contributed by atoms with Crippen LogP contribution in [0.2, 0.25) is 5.02 Å². The van der Waals surface area contributed by atoms with E-state index in [4.69, 9.17) is 16.3 Å². The van der Waals surface area contributed by atoms with Crippen molar-refractivity contribution in [1.29, 1.82) is 0 Å². The van der Waals surface area contributed by atoms with E-state index in [1.807, 2.05) is 23.9 Å². The summed E-state index contributed by atoms with van der Waals surface area (Å²) in [7, 11) is 3.53. The molecule has 0 N–H and O–H groups in total. The van der Waals surface area contributed by atoms with E-state index < -0.39 is 0 Å². The maximum absolute atomic E-state index is 5.97. The Morgan fingerprint density at radius 1 is 1.54 bits per heavy atom. The molecule has 0 fully saturated rings. The molecule has 68 valence electrons. The van der Waals surface area contributed by atoms with Crippen LogP contribution in [0.25, 0.3) is 10.9 Å². The quantitative estimate of drug-likeness (QED) is 0.700. The van der Waals surface area contributed by atoms with Gasteiger partial charge in [0.25, 0.3) is 0 Å². The molecular weight excluding hydrogens is 188 g/mol. The lowest BCUT2D eigenvalue weighted by molar-refractivity contribution is 0.398. The second-order valence-corrected chi connectivity index (χ2v) is 3.24. The summed E-state index contributed by atoms with van der Waals surface area (Å²) in [5, 5.41) is 1.66. The molecule has 0 aromatic carbocycles. The molecule has 2 aromatic rings. The van der Waals surface area contributed by atoms with Gasteiger partial charge in [-0.05, 0) is 0 Å². The van der Waals surface area contributed by atoms with E-state index in [1.165, 1.54) is 0 Å². The minimum Gasteiger partial charge on any atom is -0.481 e. The summed E-state index contributed by atoms with van der Waals surface area (Å²) in [4.78, 5) is 4.08. The average Bonchev–Trinajstić information content (AvgIpc) is 2.42. The van der Waals surface area contributed by atoms with Crippen LogP contribution >= 0.6 is 11.6 Å². The van der Waals surface area contributed by atoms with Gasteiger partial charge in [-0.25, -0.2) is 4.98 Å². The predicted molar refractivity (Wildman–Crippen MR) is 52.3 cm³/mol. The average molecular weight is 197 g/mol. The van der Waals surface area contributed by atoms with Crippen molar-refractivity contribution in [3.8, 4) is 5.88 Å². The van der Waals surface area contributed by atoms with Crippen LogP contribution in [-0.2, 0) is 7.05 Å². The van der Waals surface area contributed by atoms with Crippen molar-refractivity contribution in [2.75, 3.05) is 7.11 Å². The Labute approximate surface area is 80.9 Å². The van der Waals surface area contributed by atoms with Crippen molar-refractivity contribution in [3.05, 3.63) is 23.5 Å². The standard InChI is InChI=1S/C9H9ClN2O/c1-12-5-7(10)6-4-11-9(13-2)3-8(6)12/h3-5H,1-2H3. The van der Waals surface area contributed by atoms with Gasteiger partial charge in [-0.2, -0.15) is 0 Å². The third-order valence-electron chi connectivity index (χ3n) is 2.01. The number of fused-ring (bicyclic) bond motifs is 1. The first-order chi connectivity index (χ1) is 6.22. The van der Waals surface area contributed by atoms with Gasteiger partial charge in [-0.1, -0.05) is 11.6 Å². The second-order valence-electron chi connectivity index (χ2n) is 2.83. The Hall–Kier alpha value is -1.22. The molecule has 0 bridgehead atoms. The van der Waals surface area contributed by atoms with Gasteiger partial charge in [0, 0.05) is 30.9 Å². The van der Waals surface area contributed by atoms with Crippen LogP contribution in [0.3, 0.4) is 0 Å². The first-order valence-electron chi connectivity index (χ1n) is 3.87. The molecule has 0 amide bonds. The van der Waals surface area contributed by atoms with Crippen LogP contribution in [0, 0.1) is 0 Å². The smallest absolute Gasteiger partial charge is 0.215 e. The number of aryl methyl sites for hydroxylation is 1. The van der Waals surface area contributed by atoms with E-state index in [0.29, 0.717) is 10.9 Å². The Balaban J connectivity index is 2.76. The van der Waals surface area contributed by atoms with Crippen LogP contribution in [0.4, 0.5) is 0 Å². The fraction of sp³-hybridized carbons (Fsp3) is 0.222. The lowest BCUT2D eigenvalue weighted by atomic mass is 10.3. The number of ether oxygens (including phenoxy) is 1. The van der Waals surface area contributed by atoms with Crippen molar-refractivity contribution < 1.29 is 4.74 Å². The number of halogens is 1. The molecule has 0 saturated heterocycles. The van der Waals surface area contributed by atoms with Gasteiger partial charge in [-0.3, -0.25) is 0 Å². The SMILES string of the molecule is COc1cc2c(cn1)c(Cl)cn2C. The number of aromatic nitrogens is 2. The number of methoxy groups -OCH3 is 1. The van der Waals surface area contributed by atoms with Gasteiger partial charge in [0.05, 0.1) is 17.6 Å². The Morgan fingerprint density at radius 2 is 2.31 bits per heavy atom. The molecule has 0 atom stereocenters. The minimum atomic E-state index is 0.602. The van der Waals surface area contributed by atoms with Crippen molar-refractivity contribution >= 4 is 22.5 Å². The highest BCUT2D eigenvalue weighted by Crippen LogP contribution is 2.26. The zero-order valence-electron chi connectivity index (χ0n) is 7.41. The van der Waals surface area contributed by atoms with Gasteiger partial charge >= 0.3 is 0 Å². The van der Waals surface area contributed by atoms with Gasteiger partial charge in [0.1, 0.15) is 0 Å². The molecular formula is C9H9ClN2O. The van der Waals surface area contributed by atoms with Crippen molar-refractivity contribution in [3.63, 3.8) is 0 Å². The highest BCUT2D eigenvalue weighted by molar-refractivity contribution is 6.35. The Morgan fingerprint density at radius 3 is 3.00 bits per heavy atom. The topological polar surface area (TPSA) is 27.1 Å².